The van der Waals surface area contributed by atoms with Gasteiger partial charge < -0.3 is 14.8 Å². The van der Waals surface area contributed by atoms with Gasteiger partial charge in [0.2, 0.25) is 0 Å². The van der Waals surface area contributed by atoms with Crippen molar-refractivity contribution in [2.24, 2.45) is 0 Å². The normalized spacial score (nSPS) is 14.5. The number of carbonyl (C=O) groups excluding carboxylic acids is 1. The largest absolute Gasteiger partial charge is 0.354 e. The van der Waals surface area contributed by atoms with Gasteiger partial charge in [-0.05, 0) is 61.0 Å². The fraction of sp³-hybridized carbons (Fsp3) is 0.250. The number of likely N-dealkylation sites (N-methyl/N-ethyl adjacent to an activating group) is 1. The van der Waals surface area contributed by atoms with E-state index in [0.717, 1.165) is 76.5 Å². The van der Waals surface area contributed by atoms with Crippen LogP contribution < -0.4 is 4.90 Å². The lowest BCUT2D eigenvalue weighted by Crippen LogP contribution is -2.44. The van der Waals surface area contributed by atoms with Gasteiger partial charge in [0.05, 0.1) is 5.69 Å². The zero-order valence-electron chi connectivity index (χ0n) is 19.7. The predicted molar refractivity (Wildman–Crippen MR) is 138 cm³/mol. The number of ketones is 1. The minimum Gasteiger partial charge on any atom is -0.354 e. The summed E-state index contributed by atoms with van der Waals surface area (Å²) in [7, 11) is 2.16. The maximum absolute atomic E-state index is 12.1. The zero-order valence-corrected chi connectivity index (χ0v) is 19.7. The first-order valence-electron chi connectivity index (χ1n) is 11.7. The van der Waals surface area contributed by atoms with E-state index in [1.807, 2.05) is 19.2 Å². The average Bonchev–Trinajstić information content (AvgIpc) is 3.25. The van der Waals surface area contributed by atoms with Gasteiger partial charge in [-0.3, -0.25) is 4.79 Å². The number of aromatic amines is 1. The Balaban J connectivity index is 1.57. The van der Waals surface area contributed by atoms with E-state index in [-0.39, 0.29) is 5.78 Å². The van der Waals surface area contributed by atoms with Crippen LogP contribution in [0, 0.1) is 6.92 Å². The third kappa shape index (κ3) is 4.24. The number of aryl methyl sites for hydroxylation is 1. The van der Waals surface area contributed by atoms with Gasteiger partial charge in [0, 0.05) is 61.5 Å². The highest BCUT2D eigenvalue weighted by atomic mass is 16.1. The number of hydrogen-bond donors (Lipinski definition) is 1. The second kappa shape index (κ2) is 9.23. The van der Waals surface area contributed by atoms with E-state index in [2.05, 4.69) is 69.8 Å². The van der Waals surface area contributed by atoms with Crippen LogP contribution >= 0.6 is 0 Å². The topological polar surface area (TPSA) is 65.1 Å². The molecule has 3 aromatic heterocycles. The smallest absolute Gasteiger partial charge is 0.159 e. The van der Waals surface area contributed by atoms with Gasteiger partial charge in [-0.1, -0.05) is 24.8 Å². The van der Waals surface area contributed by atoms with Crippen molar-refractivity contribution < 1.29 is 4.79 Å². The van der Waals surface area contributed by atoms with Crippen LogP contribution in [0.2, 0.25) is 0 Å². The summed E-state index contributed by atoms with van der Waals surface area (Å²) in [6.45, 7) is 9.72. The lowest BCUT2D eigenvalue weighted by Gasteiger charge is -2.33. The van der Waals surface area contributed by atoms with E-state index >= 15 is 0 Å². The highest BCUT2D eigenvalue weighted by molar-refractivity contribution is 6.02. The SMILES string of the molecule is C=CC(=O)Cc1cc(-c2c(-c3ccc(N4CCN(C)CC4)nc3)[nH]c3ncccc23)ccc1C. The lowest BCUT2D eigenvalue weighted by atomic mass is 9.94. The monoisotopic (exact) mass is 451 g/mol. The molecule has 0 amide bonds. The van der Waals surface area contributed by atoms with Gasteiger partial charge in [0.25, 0.3) is 0 Å². The minimum absolute atomic E-state index is 0.0183. The van der Waals surface area contributed by atoms with Crippen molar-refractivity contribution in [2.45, 2.75) is 13.3 Å². The number of aromatic nitrogens is 3. The first kappa shape index (κ1) is 22.0. The molecule has 1 aliphatic heterocycles. The van der Waals surface area contributed by atoms with Gasteiger partial charge in [-0.2, -0.15) is 0 Å². The van der Waals surface area contributed by atoms with Crippen LogP contribution in [0.3, 0.4) is 0 Å². The molecule has 5 rings (SSSR count). The van der Waals surface area contributed by atoms with Gasteiger partial charge in [-0.25, -0.2) is 9.97 Å². The Hall–Kier alpha value is -3.77. The Morgan fingerprint density at radius 3 is 2.62 bits per heavy atom. The Bertz CT molecular complexity index is 1350. The molecular formula is C28H29N5O. The molecule has 1 saturated heterocycles. The molecule has 0 aliphatic carbocycles. The van der Waals surface area contributed by atoms with Gasteiger partial charge >= 0.3 is 0 Å². The number of fused-ring (bicyclic) bond motifs is 1. The number of piperazine rings is 1. The van der Waals surface area contributed by atoms with Crippen LogP contribution in [0.15, 0.2) is 67.5 Å². The summed E-state index contributed by atoms with van der Waals surface area (Å²) in [6, 6.07) is 14.6. The summed E-state index contributed by atoms with van der Waals surface area (Å²) in [5.41, 5.74) is 7.05. The molecule has 1 N–H and O–H groups in total. The van der Waals surface area contributed by atoms with E-state index in [9.17, 15) is 4.79 Å². The molecule has 6 nitrogen and oxygen atoms in total. The van der Waals surface area contributed by atoms with Crippen LogP contribution in [-0.4, -0.2) is 58.9 Å². The van der Waals surface area contributed by atoms with Crippen LogP contribution in [0.4, 0.5) is 5.82 Å². The average molecular weight is 452 g/mol. The number of carbonyl (C=O) groups is 1. The molecule has 1 fully saturated rings. The molecule has 4 aromatic rings. The van der Waals surface area contributed by atoms with Gasteiger partial charge in [-0.15, -0.1) is 0 Å². The van der Waals surface area contributed by atoms with Crippen molar-refractivity contribution in [3.05, 3.63) is 78.6 Å². The Labute approximate surface area is 200 Å². The van der Waals surface area contributed by atoms with E-state index in [1.165, 1.54) is 6.08 Å². The maximum atomic E-state index is 12.1. The van der Waals surface area contributed by atoms with Crippen LogP contribution in [0.5, 0.6) is 0 Å². The molecule has 1 aromatic carbocycles. The number of anilines is 1. The molecule has 1 aliphatic rings. The Morgan fingerprint density at radius 1 is 1.09 bits per heavy atom. The summed E-state index contributed by atoms with van der Waals surface area (Å²) in [5, 5.41) is 1.05. The van der Waals surface area contributed by atoms with E-state index < -0.39 is 0 Å². The zero-order chi connectivity index (χ0) is 23.7. The summed E-state index contributed by atoms with van der Waals surface area (Å²) in [5.74, 6) is 1.03. The molecule has 172 valence electrons. The molecule has 6 heteroatoms. The molecule has 34 heavy (non-hydrogen) atoms. The van der Waals surface area contributed by atoms with Crippen LogP contribution in [0.1, 0.15) is 11.1 Å². The Morgan fingerprint density at radius 2 is 1.88 bits per heavy atom. The number of allylic oxidation sites excluding steroid dienone is 1. The summed E-state index contributed by atoms with van der Waals surface area (Å²) >= 11 is 0. The van der Waals surface area contributed by atoms with E-state index in [4.69, 9.17) is 4.98 Å². The van der Waals surface area contributed by atoms with E-state index in [0.29, 0.717) is 6.42 Å². The quantitative estimate of drug-likeness (QED) is 0.432. The lowest BCUT2D eigenvalue weighted by molar-refractivity contribution is -0.114. The third-order valence-corrected chi connectivity index (χ3v) is 6.66. The minimum atomic E-state index is 0.0183. The van der Waals surface area contributed by atoms with Crippen molar-refractivity contribution in [1.82, 2.24) is 19.9 Å². The second-order valence-corrected chi connectivity index (χ2v) is 8.96. The van der Waals surface area contributed by atoms with Crippen molar-refractivity contribution in [1.29, 1.82) is 0 Å². The number of nitrogens with zero attached hydrogens (tertiary/aromatic N) is 4. The molecule has 0 radical (unpaired) electrons. The summed E-state index contributed by atoms with van der Waals surface area (Å²) in [6.07, 6.45) is 5.48. The molecule has 4 heterocycles. The van der Waals surface area contributed by atoms with Crippen LogP contribution in [-0.2, 0) is 11.2 Å². The second-order valence-electron chi connectivity index (χ2n) is 8.96. The molecule has 0 saturated carbocycles. The highest BCUT2D eigenvalue weighted by Crippen LogP contribution is 2.38. The number of hydrogen-bond acceptors (Lipinski definition) is 5. The predicted octanol–water partition coefficient (Wildman–Crippen LogP) is 4.65. The molecule has 0 spiro atoms. The van der Waals surface area contributed by atoms with E-state index in [1.54, 1.807) is 6.20 Å². The molecule has 0 atom stereocenters. The Kier molecular flexibility index (Phi) is 5.99. The summed E-state index contributed by atoms with van der Waals surface area (Å²) in [4.78, 5) is 29.6. The number of nitrogens with one attached hydrogen (secondary N) is 1. The molecule has 0 unspecified atom stereocenters. The van der Waals surface area contributed by atoms with Crippen molar-refractivity contribution >= 4 is 22.6 Å². The molecular weight excluding hydrogens is 422 g/mol. The third-order valence-electron chi connectivity index (χ3n) is 6.66. The van der Waals surface area contributed by atoms with Crippen LogP contribution in [0.25, 0.3) is 33.4 Å². The number of pyridine rings is 2. The van der Waals surface area contributed by atoms with Crippen molar-refractivity contribution in [2.75, 3.05) is 38.1 Å². The fourth-order valence-corrected chi connectivity index (χ4v) is 4.57. The standard InChI is InChI=1S/C28H29N5O/c1-4-23(34)17-22-16-20(8-7-19(22)2)26-24-6-5-11-29-28(24)31-27(26)21-9-10-25(30-18-21)33-14-12-32(3)13-15-33/h4-11,16,18H,1,12-15,17H2,2-3H3,(H,29,31). The highest BCUT2D eigenvalue weighted by Gasteiger charge is 2.19. The fourth-order valence-electron chi connectivity index (χ4n) is 4.57. The molecule has 0 bridgehead atoms. The first-order valence-corrected chi connectivity index (χ1v) is 11.7. The summed E-state index contributed by atoms with van der Waals surface area (Å²) < 4.78 is 0. The van der Waals surface area contributed by atoms with Crippen molar-refractivity contribution in [3.8, 4) is 22.4 Å². The van der Waals surface area contributed by atoms with Crippen molar-refractivity contribution in [3.63, 3.8) is 0 Å². The van der Waals surface area contributed by atoms with Gasteiger partial charge in [0.15, 0.2) is 5.78 Å². The maximum Gasteiger partial charge on any atom is 0.159 e. The first-order chi connectivity index (χ1) is 16.5. The van der Waals surface area contributed by atoms with Gasteiger partial charge in [0.1, 0.15) is 11.5 Å². The number of H-pyrrole nitrogens is 1. The number of benzene rings is 1. The number of rotatable bonds is 6.